The Morgan fingerprint density at radius 1 is 1.38 bits per heavy atom. The molecule has 2 rings (SSSR count). The van der Waals surface area contributed by atoms with Gasteiger partial charge in [-0.15, -0.1) is 0 Å². The van der Waals surface area contributed by atoms with E-state index in [9.17, 15) is 8.42 Å². The van der Waals surface area contributed by atoms with Gasteiger partial charge in [-0.2, -0.15) is 0 Å². The molecule has 1 aromatic rings. The molecular formula is C15H20N2O3S. The topological polar surface area (TPSA) is 81.4 Å². The van der Waals surface area contributed by atoms with Crippen molar-refractivity contribution in [1.29, 1.82) is 0 Å². The summed E-state index contributed by atoms with van der Waals surface area (Å²) in [7, 11) is -3.54. The van der Waals surface area contributed by atoms with Gasteiger partial charge in [-0.3, -0.25) is 0 Å². The van der Waals surface area contributed by atoms with Crippen molar-refractivity contribution in [1.82, 2.24) is 4.72 Å². The zero-order chi connectivity index (χ0) is 15.1. The van der Waals surface area contributed by atoms with Crippen molar-refractivity contribution in [2.75, 3.05) is 19.7 Å². The number of sulfonamides is 1. The minimum Gasteiger partial charge on any atom is -0.377 e. The van der Waals surface area contributed by atoms with Crippen molar-refractivity contribution in [2.45, 2.75) is 30.3 Å². The maximum atomic E-state index is 12.3. The van der Waals surface area contributed by atoms with Crippen LogP contribution in [0.1, 0.15) is 24.8 Å². The minimum absolute atomic E-state index is 0.0336. The highest BCUT2D eigenvalue weighted by molar-refractivity contribution is 7.89. The van der Waals surface area contributed by atoms with Gasteiger partial charge in [0.1, 0.15) is 0 Å². The summed E-state index contributed by atoms with van der Waals surface area (Å²) in [4.78, 5) is 0.210. The summed E-state index contributed by atoms with van der Waals surface area (Å²) in [5.41, 5.74) is 5.95. The summed E-state index contributed by atoms with van der Waals surface area (Å²) in [6.45, 7) is 1.26. The van der Waals surface area contributed by atoms with Gasteiger partial charge in [-0.25, -0.2) is 13.1 Å². The SMILES string of the molecule is NCC#Cc1cccc(S(=O)(=O)NCC2CCCCO2)c1. The standard InChI is InChI=1S/C15H20N2O3S/c16-9-4-6-13-5-3-8-15(11-13)21(18,19)17-12-14-7-1-2-10-20-14/h3,5,8,11,14,17H,1-2,7,9-10,12,16H2. The normalized spacial score (nSPS) is 18.8. The first-order valence-electron chi connectivity index (χ1n) is 7.02. The van der Waals surface area contributed by atoms with Crippen LogP contribution in [0.2, 0.25) is 0 Å². The fourth-order valence-corrected chi connectivity index (χ4v) is 3.26. The number of rotatable bonds is 4. The molecule has 0 spiro atoms. The van der Waals surface area contributed by atoms with E-state index in [1.165, 1.54) is 0 Å². The Bertz CT molecular complexity index is 626. The molecule has 1 unspecified atom stereocenters. The number of benzene rings is 1. The quantitative estimate of drug-likeness (QED) is 0.808. The highest BCUT2D eigenvalue weighted by Crippen LogP contribution is 2.14. The minimum atomic E-state index is -3.54. The molecule has 0 radical (unpaired) electrons. The van der Waals surface area contributed by atoms with E-state index < -0.39 is 10.0 Å². The van der Waals surface area contributed by atoms with Crippen LogP contribution in [0.4, 0.5) is 0 Å². The van der Waals surface area contributed by atoms with Crippen LogP contribution in [0.15, 0.2) is 29.2 Å². The van der Waals surface area contributed by atoms with Crippen LogP contribution in [0, 0.1) is 11.8 Å². The van der Waals surface area contributed by atoms with E-state index >= 15 is 0 Å². The van der Waals surface area contributed by atoms with Crippen molar-refractivity contribution in [3.63, 3.8) is 0 Å². The van der Waals surface area contributed by atoms with Crippen molar-refractivity contribution in [3.8, 4) is 11.8 Å². The predicted octanol–water partition coefficient (Wildman–Crippen LogP) is 0.844. The zero-order valence-corrected chi connectivity index (χ0v) is 12.7. The largest absolute Gasteiger partial charge is 0.377 e. The molecule has 114 valence electrons. The third-order valence-electron chi connectivity index (χ3n) is 3.25. The highest BCUT2D eigenvalue weighted by Gasteiger charge is 2.19. The lowest BCUT2D eigenvalue weighted by molar-refractivity contribution is 0.0200. The molecule has 0 amide bonds. The number of ether oxygens (including phenoxy) is 1. The van der Waals surface area contributed by atoms with E-state index in [-0.39, 0.29) is 17.5 Å². The molecule has 5 nitrogen and oxygen atoms in total. The average molecular weight is 308 g/mol. The third-order valence-corrected chi connectivity index (χ3v) is 4.68. The molecule has 0 saturated carbocycles. The van der Waals surface area contributed by atoms with Crippen molar-refractivity contribution >= 4 is 10.0 Å². The van der Waals surface area contributed by atoms with Crippen molar-refractivity contribution in [3.05, 3.63) is 29.8 Å². The van der Waals surface area contributed by atoms with Crippen LogP contribution < -0.4 is 10.5 Å². The molecule has 1 atom stereocenters. The Hall–Kier alpha value is -1.39. The number of nitrogens with two attached hydrogens (primary N) is 1. The second-order valence-corrected chi connectivity index (χ2v) is 6.64. The van der Waals surface area contributed by atoms with Gasteiger partial charge in [0.2, 0.25) is 10.0 Å². The average Bonchev–Trinajstić information content (AvgIpc) is 2.52. The zero-order valence-electron chi connectivity index (χ0n) is 11.8. The maximum absolute atomic E-state index is 12.3. The molecule has 0 aromatic heterocycles. The van der Waals surface area contributed by atoms with Gasteiger partial charge in [-0.1, -0.05) is 17.9 Å². The number of nitrogens with one attached hydrogen (secondary N) is 1. The van der Waals surface area contributed by atoms with Crippen molar-refractivity contribution in [2.24, 2.45) is 5.73 Å². The molecule has 1 heterocycles. The van der Waals surface area contributed by atoms with E-state index in [2.05, 4.69) is 16.6 Å². The fraction of sp³-hybridized carbons (Fsp3) is 0.467. The summed E-state index contributed by atoms with van der Waals surface area (Å²) in [6, 6.07) is 6.53. The Balaban J connectivity index is 2.04. The van der Waals surface area contributed by atoms with Crippen LogP contribution in [-0.2, 0) is 14.8 Å². The lowest BCUT2D eigenvalue weighted by Crippen LogP contribution is -2.35. The molecule has 1 saturated heterocycles. The molecule has 1 aliphatic heterocycles. The Labute approximate surface area is 125 Å². The van der Waals surface area contributed by atoms with E-state index in [0.29, 0.717) is 18.7 Å². The first-order chi connectivity index (χ1) is 10.1. The second kappa shape index (κ2) is 7.57. The van der Waals surface area contributed by atoms with Gasteiger partial charge in [0.25, 0.3) is 0 Å². The summed E-state index contributed by atoms with van der Waals surface area (Å²) in [5, 5.41) is 0. The van der Waals surface area contributed by atoms with Gasteiger partial charge < -0.3 is 10.5 Å². The van der Waals surface area contributed by atoms with Gasteiger partial charge in [0.15, 0.2) is 0 Å². The monoisotopic (exact) mass is 308 g/mol. The van der Waals surface area contributed by atoms with Crippen LogP contribution in [0.5, 0.6) is 0 Å². The molecule has 3 N–H and O–H groups in total. The molecule has 6 heteroatoms. The molecule has 21 heavy (non-hydrogen) atoms. The van der Waals surface area contributed by atoms with Gasteiger partial charge in [-0.05, 0) is 37.5 Å². The first kappa shape index (κ1) is 16.0. The van der Waals surface area contributed by atoms with Gasteiger partial charge in [0, 0.05) is 18.7 Å². The Morgan fingerprint density at radius 2 is 2.24 bits per heavy atom. The second-order valence-electron chi connectivity index (χ2n) is 4.87. The molecule has 1 fully saturated rings. The van der Waals surface area contributed by atoms with E-state index in [0.717, 1.165) is 19.3 Å². The van der Waals surface area contributed by atoms with Gasteiger partial charge >= 0.3 is 0 Å². The Morgan fingerprint density at radius 3 is 2.95 bits per heavy atom. The summed E-state index contributed by atoms with van der Waals surface area (Å²) in [6.07, 6.45) is 2.99. The van der Waals surface area contributed by atoms with Crippen molar-refractivity contribution < 1.29 is 13.2 Å². The molecule has 0 bridgehead atoms. The molecular weight excluding hydrogens is 288 g/mol. The summed E-state index contributed by atoms with van der Waals surface area (Å²) >= 11 is 0. The number of hydrogen-bond donors (Lipinski definition) is 2. The summed E-state index contributed by atoms with van der Waals surface area (Å²) < 4.78 is 32.6. The van der Waals surface area contributed by atoms with Gasteiger partial charge in [0.05, 0.1) is 17.5 Å². The lowest BCUT2D eigenvalue weighted by atomic mass is 10.1. The fourth-order valence-electron chi connectivity index (χ4n) is 2.15. The lowest BCUT2D eigenvalue weighted by Gasteiger charge is -2.22. The summed E-state index contributed by atoms with van der Waals surface area (Å²) in [5.74, 6) is 5.54. The highest BCUT2D eigenvalue weighted by atomic mass is 32.2. The third kappa shape index (κ3) is 4.83. The molecule has 1 aliphatic rings. The van der Waals surface area contributed by atoms with E-state index in [1.807, 2.05) is 0 Å². The smallest absolute Gasteiger partial charge is 0.240 e. The van der Waals surface area contributed by atoms with Crippen LogP contribution >= 0.6 is 0 Å². The molecule has 0 aliphatic carbocycles. The maximum Gasteiger partial charge on any atom is 0.240 e. The Kier molecular flexibility index (Phi) is 5.76. The number of hydrogen-bond acceptors (Lipinski definition) is 4. The first-order valence-corrected chi connectivity index (χ1v) is 8.50. The van der Waals surface area contributed by atoms with Crippen LogP contribution in [0.25, 0.3) is 0 Å². The van der Waals surface area contributed by atoms with E-state index in [4.69, 9.17) is 10.5 Å². The van der Waals surface area contributed by atoms with Crippen LogP contribution in [0.3, 0.4) is 0 Å². The predicted molar refractivity (Wildman–Crippen MR) is 81.2 cm³/mol. The van der Waals surface area contributed by atoms with Crippen LogP contribution in [-0.4, -0.2) is 34.2 Å². The molecule has 1 aromatic carbocycles. The van der Waals surface area contributed by atoms with E-state index in [1.54, 1.807) is 24.3 Å².